The Morgan fingerprint density at radius 2 is 1.67 bits per heavy atom. The Morgan fingerprint density at radius 1 is 1.00 bits per heavy atom. The normalized spacial score (nSPS) is 11.9. The summed E-state index contributed by atoms with van der Waals surface area (Å²) in [7, 11) is 0. The number of carbonyl (C=O) groups excluding carboxylic acids is 2. The predicted octanol–water partition coefficient (Wildman–Crippen LogP) is 5.48. The monoisotopic (exact) mass is 407 g/mol. The Hall–Kier alpha value is -2.95. The minimum absolute atomic E-state index is 0.0808. The van der Waals surface area contributed by atoms with Gasteiger partial charge < -0.3 is 10.2 Å². The SMILES string of the molecule is CCN(CC)c1ccc(N=C(C(=O)Nc2cccc(C)c2)C(=O)C(C)(C)C)c(C)c1. The Balaban J connectivity index is 2.45. The topological polar surface area (TPSA) is 61.8 Å². The van der Waals surface area contributed by atoms with Gasteiger partial charge in [0.25, 0.3) is 5.91 Å². The maximum absolute atomic E-state index is 13.0. The van der Waals surface area contributed by atoms with Crippen molar-refractivity contribution in [3.63, 3.8) is 0 Å². The van der Waals surface area contributed by atoms with E-state index in [2.05, 4.69) is 29.1 Å². The highest BCUT2D eigenvalue weighted by Gasteiger charge is 2.31. The summed E-state index contributed by atoms with van der Waals surface area (Å²) < 4.78 is 0. The van der Waals surface area contributed by atoms with Gasteiger partial charge in [-0.15, -0.1) is 0 Å². The lowest BCUT2D eigenvalue weighted by atomic mass is 9.87. The van der Waals surface area contributed by atoms with Crippen molar-refractivity contribution < 1.29 is 9.59 Å². The molecule has 2 aromatic rings. The number of aryl methyl sites for hydroxylation is 2. The summed E-state index contributed by atoms with van der Waals surface area (Å²) in [4.78, 5) is 32.8. The number of carbonyl (C=O) groups is 2. The van der Waals surface area contributed by atoms with E-state index in [1.807, 2.05) is 50.2 Å². The second-order valence-corrected chi connectivity index (χ2v) is 8.51. The molecule has 0 spiro atoms. The second kappa shape index (κ2) is 9.70. The third-order valence-electron chi connectivity index (χ3n) is 4.93. The molecule has 0 aliphatic heterocycles. The summed E-state index contributed by atoms with van der Waals surface area (Å²) in [5.74, 6) is -0.785. The molecule has 0 bridgehead atoms. The van der Waals surface area contributed by atoms with Crippen LogP contribution in [0.1, 0.15) is 45.7 Å². The van der Waals surface area contributed by atoms with Crippen molar-refractivity contribution in [2.45, 2.75) is 48.5 Å². The maximum Gasteiger partial charge on any atom is 0.278 e. The number of benzene rings is 2. The van der Waals surface area contributed by atoms with Crippen molar-refractivity contribution in [1.29, 1.82) is 0 Å². The van der Waals surface area contributed by atoms with Gasteiger partial charge in [-0.05, 0) is 69.2 Å². The molecule has 0 aromatic heterocycles. The zero-order chi connectivity index (χ0) is 22.5. The van der Waals surface area contributed by atoms with Crippen molar-refractivity contribution in [3.8, 4) is 0 Å². The van der Waals surface area contributed by atoms with Crippen molar-refractivity contribution in [1.82, 2.24) is 0 Å². The molecule has 160 valence electrons. The van der Waals surface area contributed by atoms with Crippen LogP contribution < -0.4 is 10.2 Å². The third kappa shape index (κ3) is 5.78. The van der Waals surface area contributed by atoms with Gasteiger partial charge in [-0.25, -0.2) is 4.99 Å². The molecule has 0 fully saturated rings. The molecule has 0 saturated heterocycles. The number of aliphatic imine (C=N–C) groups is 1. The Morgan fingerprint density at radius 3 is 2.20 bits per heavy atom. The number of amides is 1. The van der Waals surface area contributed by atoms with E-state index in [1.54, 1.807) is 26.8 Å². The molecule has 2 rings (SSSR count). The van der Waals surface area contributed by atoms with Gasteiger partial charge in [0.15, 0.2) is 11.5 Å². The zero-order valence-electron chi connectivity index (χ0n) is 19.2. The molecular weight excluding hydrogens is 374 g/mol. The Bertz CT molecular complexity index is 951. The first kappa shape index (κ1) is 23.3. The average molecular weight is 408 g/mol. The highest BCUT2D eigenvalue weighted by Crippen LogP contribution is 2.26. The van der Waals surface area contributed by atoms with Crippen LogP contribution in [0.4, 0.5) is 17.1 Å². The third-order valence-corrected chi connectivity index (χ3v) is 4.93. The standard InChI is InChI=1S/C25H33N3O2/c1-8-28(9-2)20-13-14-21(18(4)16-20)27-22(23(29)25(5,6)7)24(30)26-19-12-10-11-17(3)15-19/h10-16H,8-9H2,1-7H3,(H,26,30). The quantitative estimate of drug-likeness (QED) is 0.488. The van der Waals surface area contributed by atoms with Crippen LogP contribution in [0.2, 0.25) is 0 Å². The van der Waals surface area contributed by atoms with Gasteiger partial charge in [0.2, 0.25) is 0 Å². The van der Waals surface area contributed by atoms with Gasteiger partial charge in [0.05, 0.1) is 5.69 Å². The van der Waals surface area contributed by atoms with Crippen LogP contribution in [-0.4, -0.2) is 30.5 Å². The molecule has 0 atom stereocenters. The first-order valence-electron chi connectivity index (χ1n) is 10.4. The van der Waals surface area contributed by atoms with Crippen LogP contribution in [0.25, 0.3) is 0 Å². The van der Waals surface area contributed by atoms with E-state index in [0.717, 1.165) is 29.9 Å². The fourth-order valence-electron chi connectivity index (χ4n) is 3.14. The molecule has 0 saturated carbocycles. The van der Waals surface area contributed by atoms with Gasteiger partial charge in [0, 0.05) is 29.9 Å². The molecule has 1 N–H and O–H groups in total. The number of rotatable bonds is 7. The molecule has 5 nitrogen and oxygen atoms in total. The van der Waals surface area contributed by atoms with E-state index in [-0.39, 0.29) is 11.5 Å². The van der Waals surface area contributed by atoms with Crippen molar-refractivity contribution >= 4 is 34.5 Å². The maximum atomic E-state index is 13.0. The molecule has 30 heavy (non-hydrogen) atoms. The molecule has 0 aliphatic rings. The number of nitrogens with one attached hydrogen (secondary N) is 1. The van der Waals surface area contributed by atoms with Gasteiger partial charge in [-0.3, -0.25) is 9.59 Å². The van der Waals surface area contributed by atoms with Gasteiger partial charge >= 0.3 is 0 Å². The lowest BCUT2D eigenvalue weighted by Crippen LogP contribution is -2.37. The minimum atomic E-state index is -0.724. The van der Waals surface area contributed by atoms with Crippen LogP contribution in [0.5, 0.6) is 0 Å². The zero-order valence-corrected chi connectivity index (χ0v) is 19.2. The van der Waals surface area contributed by atoms with Gasteiger partial charge in [-0.2, -0.15) is 0 Å². The van der Waals surface area contributed by atoms with E-state index in [9.17, 15) is 9.59 Å². The first-order valence-corrected chi connectivity index (χ1v) is 10.4. The molecular formula is C25H33N3O2. The fourth-order valence-corrected chi connectivity index (χ4v) is 3.14. The van der Waals surface area contributed by atoms with Crippen LogP contribution in [0.3, 0.4) is 0 Å². The average Bonchev–Trinajstić information content (AvgIpc) is 2.67. The number of hydrogen-bond acceptors (Lipinski definition) is 4. The van der Waals surface area contributed by atoms with E-state index < -0.39 is 11.3 Å². The predicted molar refractivity (Wildman–Crippen MR) is 126 cm³/mol. The molecule has 5 heteroatoms. The Labute approximate surface area is 180 Å². The molecule has 0 aliphatic carbocycles. The van der Waals surface area contributed by atoms with Gasteiger partial charge in [0.1, 0.15) is 0 Å². The van der Waals surface area contributed by atoms with Crippen molar-refractivity contribution in [2.24, 2.45) is 10.4 Å². The number of nitrogens with zero attached hydrogens (tertiary/aromatic N) is 2. The molecule has 0 heterocycles. The summed E-state index contributed by atoms with van der Waals surface area (Å²) in [6.07, 6.45) is 0. The lowest BCUT2D eigenvalue weighted by Gasteiger charge is -2.22. The second-order valence-electron chi connectivity index (χ2n) is 8.51. The summed E-state index contributed by atoms with van der Waals surface area (Å²) in [5, 5.41) is 2.82. The van der Waals surface area contributed by atoms with Crippen LogP contribution >= 0.6 is 0 Å². The first-order chi connectivity index (χ1) is 14.1. The summed E-state index contributed by atoms with van der Waals surface area (Å²) in [6.45, 7) is 15.3. The number of ketones is 1. The highest BCUT2D eigenvalue weighted by molar-refractivity contribution is 6.68. The molecule has 0 radical (unpaired) electrons. The Kier molecular flexibility index (Phi) is 7.54. The lowest BCUT2D eigenvalue weighted by molar-refractivity contribution is -0.121. The molecule has 2 aromatic carbocycles. The highest BCUT2D eigenvalue weighted by atomic mass is 16.2. The number of anilines is 2. The number of Topliss-reactive ketones (excluding diaryl/α,β-unsaturated/α-hetero) is 1. The summed E-state index contributed by atoms with van der Waals surface area (Å²) in [5.41, 5.74) is 3.50. The molecule has 1 amide bonds. The van der Waals surface area contributed by atoms with Crippen molar-refractivity contribution in [3.05, 3.63) is 53.6 Å². The van der Waals surface area contributed by atoms with Gasteiger partial charge in [-0.1, -0.05) is 32.9 Å². The van der Waals surface area contributed by atoms with E-state index in [4.69, 9.17) is 0 Å². The van der Waals surface area contributed by atoms with E-state index >= 15 is 0 Å². The summed E-state index contributed by atoms with van der Waals surface area (Å²) in [6, 6.07) is 13.4. The van der Waals surface area contributed by atoms with Crippen molar-refractivity contribution in [2.75, 3.05) is 23.3 Å². The summed E-state index contributed by atoms with van der Waals surface area (Å²) >= 11 is 0. The van der Waals surface area contributed by atoms with Crippen LogP contribution in [-0.2, 0) is 9.59 Å². The largest absolute Gasteiger partial charge is 0.372 e. The van der Waals surface area contributed by atoms with Crippen LogP contribution in [0, 0.1) is 19.3 Å². The van der Waals surface area contributed by atoms with E-state index in [0.29, 0.717) is 11.4 Å². The van der Waals surface area contributed by atoms with Crippen LogP contribution in [0.15, 0.2) is 47.5 Å². The number of hydrogen-bond donors (Lipinski definition) is 1. The fraction of sp³-hybridized carbons (Fsp3) is 0.400. The van der Waals surface area contributed by atoms with E-state index in [1.165, 1.54) is 0 Å². The smallest absolute Gasteiger partial charge is 0.278 e. The molecule has 0 unspecified atom stereocenters. The minimum Gasteiger partial charge on any atom is -0.372 e.